The third-order valence-electron chi connectivity index (χ3n) is 2.20. The van der Waals surface area contributed by atoms with Crippen molar-refractivity contribution in [1.29, 1.82) is 0 Å². The molecule has 5 heteroatoms. The minimum atomic E-state index is -0.122. The Bertz CT molecular complexity index is 512. The molecule has 2 aromatic rings. The van der Waals surface area contributed by atoms with Crippen LogP contribution in [-0.4, -0.2) is 0 Å². The van der Waals surface area contributed by atoms with E-state index in [4.69, 9.17) is 17.3 Å². The molecule has 1 unspecified atom stereocenters. The highest BCUT2D eigenvalue weighted by Crippen LogP contribution is 2.33. The van der Waals surface area contributed by atoms with Crippen molar-refractivity contribution >= 4 is 54.8 Å². The van der Waals surface area contributed by atoms with E-state index in [-0.39, 0.29) is 6.04 Å². The van der Waals surface area contributed by atoms with E-state index in [1.54, 1.807) is 11.3 Å². The molecule has 0 saturated heterocycles. The molecule has 2 N–H and O–H groups in total. The van der Waals surface area contributed by atoms with Gasteiger partial charge in [0.05, 0.1) is 9.83 Å². The summed E-state index contributed by atoms with van der Waals surface area (Å²) in [6, 6.07) is 9.57. The number of benzene rings is 1. The maximum Gasteiger partial charge on any atom is 0.0702 e. The lowest BCUT2D eigenvalue weighted by molar-refractivity contribution is 0.887. The fraction of sp³-hybridized carbons (Fsp3) is 0.0909. The predicted octanol–water partition coefficient (Wildman–Crippen LogP) is 4.97. The summed E-state index contributed by atoms with van der Waals surface area (Å²) < 4.78 is 2.03. The Kier molecular flexibility index (Phi) is 4.08. The molecule has 2 rings (SSSR count). The summed E-state index contributed by atoms with van der Waals surface area (Å²) in [5.41, 5.74) is 7.24. The van der Waals surface area contributed by atoms with Crippen molar-refractivity contribution in [2.24, 2.45) is 5.73 Å². The fourth-order valence-electron chi connectivity index (χ4n) is 1.40. The van der Waals surface area contributed by atoms with E-state index in [9.17, 15) is 0 Å². The molecule has 0 aliphatic carbocycles. The van der Waals surface area contributed by atoms with Gasteiger partial charge in [0, 0.05) is 14.4 Å². The molecule has 0 aliphatic heterocycles. The Hall–Kier alpha value is 0.130. The van der Waals surface area contributed by atoms with E-state index < -0.39 is 0 Å². The third kappa shape index (κ3) is 2.68. The second-order valence-electron chi connectivity index (χ2n) is 3.29. The number of thiophene rings is 1. The zero-order valence-electron chi connectivity index (χ0n) is 8.08. The summed E-state index contributed by atoms with van der Waals surface area (Å²) in [7, 11) is 0. The predicted molar refractivity (Wildman–Crippen MR) is 77.2 cm³/mol. The number of hydrogen-bond acceptors (Lipinski definition) is 2. The van der Waals surface area contributed by atoms with Gasteiger partial charge in [0.2, 0.25) is 0 Å². The molecule has 0 bridgehead atoms. The minimum Gasteiger partial charge on any atom is -0.320 e. The van der Waals surface area contributed by atoms with Crippen LogP contribution >= 0.6 is 54.8 Å². The van der Waals surface area contributed by atoms with Gasteiger partial charge in [0.15, 0.2) is 0 Å². The molecule has 1 atom stereocenters. The second-order valence-corrected chi connectivity index (χ2v) is 7.07. The first-order valence-corrected chi connectivity index (χ1v) is 7.32. The van der Waals surface area contributed by atoms with Crippen molar-refractivity contribution < 1.29 is 0 Å². The highest BCUT2D eigenvalue weighted by Gasteiger charge is 2.14. The Morgan fingerprint density at radius 3 is 2.50 bits per heavy atom. The quantitative estimate of drug-likeness (QED) is 0.780. The van der Waals surface area contributed by atoms with Crippen LogP contribution in [0.25, 0.3) is 0 Å². The van der Waals surface area contributed by atoms with E-state index in [2.05, 4.69) is 31.9 Å². The standard InChI is InChI=1S/C11H8Br2ClNS/c12-8-5-6(14)1-2-7(8)11(15)9-3-4-10(13)16-9/h1-5,11H,15H2. The SMILES string of the molecule is NC(c1ccc(Br)s1)c1ccc(Cl)cc1Br. The summed E-state index contributed by atoms with van der Waals surface area (Å²) in [5.74, 6) is 0. The van der Waals surface area contributed by atoms with Crippen LogP contribution in [0.2, 0.25) is 5.02 Å². The van der Waals surface area contributed by atoms with Crippen LogP contribution in [0, 0.1) is 0 Å². The Labute approximate surface area is 120 Å². The van der Waals surface area contributed by atoms with Crippen molar-refractivity contribution in [3.63, 3.8) is 0 Å². The van der Waals surface area contributed by atoms with E-state index >= 15 is 0 Å². The molecule has 0 fully saturated rings. The largest absolute Gasteiger partial charge is 0.320 e. The summed E-state index contributed by atoms with van der Waals surface area (Å²) in [5, 5.41) is 0.704. The van der Waals surface area contributed by atoms with Crippen molar-refractivity contribution in [2.75, 3.05) is 0 Å². The first kappa shape index (κ1) is 12.6. The average Bonchev–Trinajstić information content (AvgIpc) is 2.64. The van der Waals surface area contributed by atoms with Gasteiger partial charge in [-0.1, -0.05) is 33.6 Å². The molecule has 0 spiro atoms. The lowest BCUT2D eigenvalue weighted by atomic mass is 10.1. The first-order valence-electron chi connectivity index (χ1n) is 4.53. The van der Waals surface area contributed by atoms with Crippen molar-refractivity contribution in [1.82, 2.24) is 0 Å². The molecular weight excluding hydrogens is 373 g/mol. The Morgan fingerprint density at radius 2 is 1.94 bits per heavy atom. The zero-order valence-corrected chi connectivity index (χ0v) is 12.8. The van der Waals surface area contributed by atoms with Crippen molar-refractivity contribution in [2.45, 2.75) is 6.04 Å². The lowest BCUT2D eigenvalue weighted by Crippen LogP contribution is -2.10. The molecular formula is C11H8Br2ClNS. The molecule has 0 radical (unpaired) electrons. The van der Waals surface area contributed by atoms with Gasteiger partial charge in [0.25, 0.3) is 0 Å². The fourth-order valence-corrected chi connectivity index (χ4v) is 3.78. The Morgan fingerprint density at radius 1 is 1.19 bits per heavy atom. The van der Waals surface area contributed by atoms with Crippen molar-refractivity contribution in [3.8, 4) is 0 Å². The minimum absolute atomic E-state index is 0.122. The molecule has 1 aromatic heterocycles. The molecule has 0 saturated carbocycles. The van der Waals surface area contributed by atoms with Crippen LogP contribution in [-0.2, 0) is 0 Å². The lowest BCUT2D eigenvalue weighted by Gasteiger charge is -2.12. The summed E-state index contributed by atoms with van der Waals surface area (Å²) >= 11 is 14.5. The van der Waals surface area contributed by atoms with E-state index in [1.807, 2.05) is 30.3 Å². The summed E-state index contributed by atoms with van der Waals surface area (Å²) in [4.78, 5) is 1.12. The number of nitrogens with two attached hydrogens (primary N) is 1. The van der Waals surface area contributed by atoms with Crippen LogP contribution in [0.1, 0.15) is 16.5 Å². The summed E-state index contributed by atoms with van der Waals surface area (Å²) in [6.45, 7) is 0. The second kappa shape index (κ2) is 5.19. The van der Waals surface area contributed by atoms with Gasteiger partial charge in [-0.15, -0.1) is 11.3 Å². The molecule has 0 aliphatic rings. The maximum absolute atomic E-state index is 6.20. The van der Waals surface area contributed by atoms with Crippen LogP contribution in [0.3, 0.4) is 0 Å². The van der Waals surface area contributed by atoms with Gasteiger partial charge in [-0.05, 0) is 45.8 Å². The molecule has 1 aromatic carbocycles. The molecule has 16 heavy (non-hydrogen) atoms. The first-order chi connectivity index (χ1) is 7.58. The van der Waals surface area contributed by atoms with Crippen LogP contribution in [0.5, 0.6) is 0 Å². The van der Waals surface area contributed by atoms with E-state index in [0.717, 1.165) is 18.7 Å². The molecule has 0 amide bonds. The van der Waals surface area contributed by atoms with Gasteiger partial charge >= 0.3 is 0 Å². The van der Waals surface area contributed by atoms with Gasteiger partial charge in [0.1, 0.15) is 0 Å². The third-order valence-corrected chi connectivity index (χ3v) is 4.83. The van der Waals surface area contributed by atoms with E-state index in [0.29, 0.717) is 5.02 Å². The number of rotatable bonds is 2. The van der Waals surface area contributed by atoms with Gasteiger partial charge in [-0.3, -0.25) is 0 Å². The van der Waals surface area contributed by atoms with Gasteiger partial charge in [-0.25, -0.2) is 0 Å². The smallest absolute Gasteiger partial charge is 0.0702 e. The normalized spacial score (nSPS) is 12.8. The highest BCUT2D eigenvalue weighted by molar-refractivity contribution is 9.11. The van der Waals surface area contributed by atoms with Gasteiger partial charge in [-0.2, -0.15) is 0 Å². The van der Waals surface area contributed by atoms with Crippen LogP contribution in [0.4, 0.5) is 0 Å². The summed E-state index contributed by atoms with van der Waals surface area (Å²) in [6.07, 6.45) is 0. The number of hydrogen-bond donors (Lipinski definition) is 1. The molecule has 1 heterocycles. The van der Waals surface area contributed by atoms with Crippen molar-refractivity contribution in [3.05, 3.63) is 54.1 Å². The molecule has 1 nitrogen and oxygen atoms in total. The topological polar surface area (TPSA) is 26.0 Å². The average molecular weight is 382 g/mol. The van der Waals surface area contributed by atoms with Gasteiger partial charge < -0.3 is 5.73 Å². The number of halogens is 3. The Balaban J connectivity index is 2.37. The van der Waals surface area contributed by atoms with Crippen LogP contribution < -0.4 is 5.73 Å². The molecule has 84 valence electrons. The van der Waals surface area contributed by atoms with Crippen LogP contribution in [0.15, 0.2) is 38.6 Å². The zero-order chi connectivity index (χ0) is 11.7. The van der Waals surface area contributed by atoms with E-state index in [1.165, 1.54) is 0 Å². The highest BCUT2D eigenvalue weighted by atomic mass is 79.9. The maximum atomic E-state index is 6.20. The monoisotopic (exact) mass is 379 g/mol.